The van der Waals surface area contributed by atoms with Crippen LogP contribution in [0.15, 0.2) is 0 Å². The zero-order chi connectivity index (χ0) is 15.3. The molecule has 2 rings (SSSR count). The van der Waals surface area contributed by atoms with E-state index in [2.05, 4.69) is 5.32 Å². The third-order valence-corrected chi connectivity index (χ3v) is 4.87. The number of morpholine rings is 1. The van der Waals surface area contributed by atoms with Crippen LogP contribution in [0.5, 0.6) is 0 Å². The van der Waals surface area contributed by atoms with Gasteiger partial charge >= 0.3 is 6.09 Å². The lowest BCUT2D eigenvalue weighted by atomic mass is 10.1. The van der Waals surface area contributed by atoms with Crippen LogP contribution in [0.4, 0.5) is 4.79 Å². The van der Waals surface area contributed by atoms with Crippen molar-refractivity contribution in [2.75, 3.05) is 37.8 Å². The monoisotopic (exact) mass is 316 g/mol. The Morgan fingerprint density at radius 2 is 2.29 bits per heavy atom. The molecule has 1 amide bonds. The summed E-state index contributed by atoms with van der Waals surface area (Å²) in [6.07, 6.45) is 2.28. The highest BCUT2D eigenvalue weighted by atomic mass is 32.2. The smallest absolute Gasteiger partial charge is 0.410 e. The zero-order valence-electron chi connectivity index (χ0n) is 13.4. The van der Waals surface area contributed by atoms with Gasteiger partial charge in [-0.05, 0) is 39.4 Å². The molecule has 5 nitrogen and oxygen atoms in total. The molecule has 2 aliphatic heterocycles. The van der Waals surface area contributed by atoms with Crippen molar-refractivity contribution in [2.24, 2.45) is 0 Å². The summed E-state index contributed by atoms with van der Waals surface area (Å²) in [5.74, 6) is 2.44. The van der Waals surface area contributed by atoms with E-state index in [1.54, 1.807) is 0 Å². The molecule has 0 radical (unpaired) electrons. The molecule has 1 N–H and O–H groups in total. The summed E-state index contributed by atoms with van der Waals surface area (Å²) >= 11 is 2.01. The Labute approximate surface area is 132 Å². The minimum Gasteiger partial charge on any atom is -0.444 e. The average molecular weight is 316 g/mol. The van der Waals surface area contributed by atoms with Crippen LogP contribution < -0.4 is 5.32 Å². The van der Waals surface area contributed by atoms with E-state index in [0.717, 1.165) is 6.54 Å². The van der Waals surface area contributed by atoms with Gasteiger partial charge in [0.2, 0.25) is 0 Å². The number of nitrogens with zero attached hydrogens (tertiary/aromatic N) is 1. The quantitative estimate of drug-likeness (QED) is 0.864. The van der Waals surface area contributed by atoms with Crippen molar-refractivity contribution in [3.63, 3.8) is 0 Å². The van der Waals surface area contributed by atoms with E-state index in [9.17, 15) is 4.79 Å². The van der Waals surface area contributed by atoms with Gasteiger partial charge in [-0.15, -0.1) is 0 Å². The van der Waals surface area contributed by atoms with Gasteiger partial charge in [0, 0.05) is 24.9 Å². The Morgan fingerprint density at radius 1 is 1.48 bits per heavy atom. The van der Waals surface area contributed by atoms with E-state index >= 15 is 0 Å². The standard InChI is InChI=1S/C15H28N2O3S/c1-15(2,3)20-14(18)17-6-7-19-10-13(17)9-16-12-5-4-8-21-11-12/h12-13,16H,4-11H2,1-3H3. The number of hydrogen-bond donors (Lipinski definition) is 1. The maximum absolute atomic E-state index is 12.3. The predicted molar refractivity (Wildman–Crippen MR) is 85.9 cm³/mol. The molecule has 122 valence electrons. The summed E-state index contributed by atoms with van der Waals surface area (Å²) in [5, 5.41) is 3.59. The average Bonchev–Trinajstić information content (AvgIpc) is 2.45. The van der Waals surface area contributed by atoms with Gasteiger partial charge < -0.3 is 14.8 Å². The summed E-state index contributed by atoms with van der Waals surface area (Å²) in [6, 6.07) is 0.631. The molecule has 2 atom stereocenters. The highest BCUT2D eigenvalue weighted by Gasteiger charge is 2.31. The van der Waals surface area contributed by atoms with Crippen molar-refractivity contribution < 1.29 is 14.3 Å². The van der Waals surface area contributed by atoms with E-state index in [1.165, 1.54) is 24.3 Å². The molecule has 0 aromatic heterocycles. The topological polar surface area (TPSA) is 50.8 Å². The number of ether oxygens (including phenoxy) is 2. The largest absolute Gasteiger partial charge is 0.444 e. The summed E-state index contributed by atoms with van der Waals surface area (Å²) in [4.78, 5) is 14.1. The normalized spacial score (nSPS) is 27.5. The van der Waals surface area contributed by atoms with E-state index in [-0.39, 0.29) is 12.1 Å². The van der Waals surface area contributed by atoms with Crippen LogP contribution in [-0.4, -0.2) is 66.5 Å². The van der Waals surface area contributed by atoms with E-state index < -0.39 is 5.60 Å². The molecule has 0 aliphatic carbocycles. The first kappa shape index (κ1) is 16.9. The second-order valence-corrected chi connectivity index (χ2v) is 7.87. The summed E-state index contributed by atoms with van der Waals surface area (Å²) in [7, 11) is 0. The first-order valence-corrected chi connectivity index (χ1v) is 9.00. The Kier molecular flexibility index (Phi) is 6.20. The van der Waals surface area contributed by atoms with Gasteiger partial charge in [0.1, 0.15) is 5.60 Å². The maximum Gasteiger partial charge on any atom is 0.410 e. The minimum atomic E-state index is -0.451. The molecule has 0 aromatic rings. The molecule has 2 saturated heterocycles. The van der Waals surface area contributed by atoms with Crippen LogP contribution in [0.1, 0.15) is 33.6 Å². The Morgan fingerprint density at radius 3 is 2.95 bits per heavy atom. The Hall–Kier alpha value is -0.460. The summed E-state index contributed by atoms with van der Waals surface area (Å²) in [6.45, 7) is 8.28. The van der Waals surface area contributed by atoms with Crippen molar-refractivity contribution in [3.8, 4) is 0 Å². The molecule has 6 heteroatoms. The first-order valence-electron chi connectivity index (χ1n) is 7.84. The molecule has 21 heavy (non-hydrogen) atoms. The fourth-order valence-corrected chi connectivity index (χ4v) is 3.70. The van der Waals surface area contributed by atoms with Crippen molar-refractivity contribution in [1.82, 2.24) is 10.2 Å². The third-order valence-electron chi connectivity index (χ3n) is 3.66. The molecule has 0 aromatic carbocycles. The number of carbonyl (C=O) groups excluding carboxylic acids is 1. The van der Waals surface area contributed by atoms with Crippen molar-refractivity contribution in [2.45, 2.75) is 51.3 Å². The molecule has 2 heterocycles. The summed E-state index contributed by atoms with van der Waals surface area (Å²) in [5.41, 5.74) is -0.451. The molecule has 0 saturated carbocycles. The Bertz CT molecular complexity index is 340. The molecule has 0 spiro atoms. The van der Waals surface area contributed by atoms with Gasteiger partial charge in [-0.1, -0.05) is 0 Å². The highest BCUT2D eigenvalue weighted by Crippen LogP contribution is 2.18. The fourth-order valence-electron chi connectivity index (χ4n) is 2.59. The number of nitrogens with one attached hydrogen (secondary N) is 1. The van der Waals surface area contributed by atoms with Crippen molar-refractivity contribution >= 4 is 17.9 Å². The highest BCUT2D eigenvalue weighted by molar-refractivity contribution is 7.99. The molecular formula is C15H28N2O3S. The van der Waals surface area contributed by atoms with Crippen LogP contribution in [0, 0.1) is 0 Å². The van der Waals surface area contributed by atoms with Crippen molar-refractivity contribution in [3.05, 3.63) is 0 Å². The zero-order valence-corrected chi connectivity index (χ0v) is 14.2. The van der Waals surface area contributed by atoms with Crippen LogP contribution in [0.2, 0.25) is 0 Å². The number of thioether (sulfide) groups is 1. The van der Waals surface area contributed by atoms with Crippen LogP contribution in [0.25, 0.3) is 0 Å². The molecule has 0 bridgehead atoms. The number of amides is 1. The first-order chi connectivity index (χ1) is 9.96. The van der Waals surface area contributed by atoms with Gasteiger partial charge in [-0.25, -0.2) is 4.79 Å². The minimum absolute atomic E-state index is 0.0699. The lowest BCUT2D eigenvalue weighted by Gasteiger charge is -2.37. The molecule has 2 fully saturated rings. The van der Waals surface area contributed by atoms with Gasteiger partial charge in [0.15, 0.2) is 0 Å². The maximum atomic E-state index is 12.3. The van der Waals surface area contributed by atoms with Gasteiger partial charge in [-0.3, -0.25) is 4.90 Å². The fraction of sp³-hybridized carbons (Fsp3) is 0.933. The SMILES string of the molecule is CC(C)(C)OC(=O)N1CCOCC1CNC1CCCSC1. The lowest BCUT2D eigenvalue weighted by molar-refractivity contribution is -0.0321. The van der Waals surface area contributed by atoms with E-state index in [0.29, 0.717) is 25.8 Å². The van der Waals surface area contributed by atoms with Gasteiger partial charge in [0.25, 0.3) is 0 Å². The molecular weight excluding hydrogens is 288 g/mol. The van der Waals surface area contributed by atoms with Crippen LogP contribution in [0.3, 0.4) is 0 Å². The van der Waals surface area contributed by atoms with Crippen LogP contribution >= 0.6 is 11.8 Å². The van der Waals surface area contributed by atoms with E-state index in [4.69, 9.17) is 9.47 Å². The number of hydrogen-bond acceptors (Lipinski definition) is 5. The molecule has 2 aliphatic rings. The number of rotatable bonds is 3. The third kappa shape index (κ3) is 5.68. The Balaban J connectivity index is 1.84. The predicted octanol–water partition coefficient (Wildman–Crippen LogP) is 2.11. The van der Waals surface area contributed by atoms with E-state index in [1.807, 2.05) is 37.4 Å². The van der Waals surface area contributed by atoms with Gasteiger partial charge in [-0.2, -0.15) is 11.8 Å². The number of carbonyl (C=O) groups is 1. The summed E-state index contributed by atoms with van der Waals surface area (Å²) < 4.78 is 11.0. The van der Waals surface area contributed by atoms with Gasteiger partial charge in [0.05, 0.1) is 19.3 Å². The molecule has 2 unspecified atom stereocenters. The second kappa shape index (κ2) is 7.70. The lowest BCUT2D eigenvalue weighted by Crippen LogP contribution is -2.55. The van der Waals surface area contributed by atoms with Crippen LogP contribution in [-0.2, 0) is 9.47 Å². The van der Waals surface area contributed by atoms with Crippen molar-refractivity contribution in [1.29, 1.82) is 0 Å². The second-order valence-electron chi connectivity index (χ2n) is 6.72.